The quantitative estimate of drug-likeness (QED) is 0.450. The van der Waals surface area contributed by atoms with Gasteiger partial charge in [0.25, 0.3) is 0 Å². The molecule has 0 fully saturated rings. The second kappa shape index (κ2) is 5.96. The molecule has 0 radical (unpaired) electrons. The molecule has 2 heterocycles. The molecule has 0 aliphatic heterocycles. The van der Waals surface area contributed by atoms with Crippen molar-refractivity contribution < 1.29 is 14.7 Å². The fraction of sp³-hybridized carbons (Fsp3) is 0.200. The third-order valence-electron chi connectivity index (χ3n) is 2.12. The van der Waals surface area contributed by atoms with Crippen LogP contribution in [0.5, 0.6) is 0 Å². The van der Waals surface area contributed by atoms with Gasteiger partial charge in [-0.2, -0.15) is 0 Å². The van der Waals surface area contributed by atoms with Crippen LogP contribution in [-0.2, 0) is 16.2 Å². The summed E-state index contributed by atoms with van der Waals surface area (Å²) in [5, 5.41) is 14.4. The number of aromatic nitrogens is 3. The maximum absolute atomic E-state index is 11.0. The van der Waals surface area contributed by atoms with E-state index in [4.69, 9.17) is 15.7 Å². The summed E-state index contributed by atoms with van der Waals surface area (Å²) in [5.74, 6) is -1.21. The highest BCUT2D eigenvalue weighted by atomic mass is 32.1. The minimum Gasteiger partial charge on any atom is -0.476 e. The number of hydrogen-bond donors (Lipinski definition) is 2. The zero-order valence-electron chi connectivity index (χ0n) is 9.76. The summed E-state index contributed by atoms with van der Waals surface area (Å²) in [4.78, 5) is 23.7. The normalized spacial score (nSPS) is 11.5. The summed E-state index contributed by atoms with van der Waals surface area (Å²) < 4.78 is 1.79. The monoisotopic (exact) mass is 281 g/mol. The van der Waals surface area contributed by atoms with Crippen molar-refractivity contribution in [2.24, 2.45) is 5.16 Å². The molecule has 9 heteroatoms. The average molecular weight is 281 g/mol. The smallest absolute Gasteiger partial charge is 0.360 e. The number of oxime groups is 1. The van der Waals surface area contributed by atoms with Crippen molar-refractivity contribution in [1.29, 1.82) is 0 Å². The Bertz CT molecular complexity index is 578. The fourth-order valence-corrected chi connectivity index (χ4v) is 1.81. The predicted octanol–water partition coefficient (Wildman–Crippen LogP) is 0.427. The highest BCUT2D eigenvalue weighted by Crippen LogP contribution is 2.12. The molecule has 2 aromatic rings. The van der Waals surface area contributed by atoms with E-state index < -0.39 is 5.97 Å². The summed E-state index contributed by atoms with van der Waals surface area (Å²) in [5.41, 5.74) is 5.37. The number of rotatable bonds is 6. The van der Waals surface area contributed by atoms with Gasteiger partial charge in [-0.25, -0.2) is 14.8 Å². The predicted molar refractivity (Wildman–Crippen MR) is 68.9 cm³/mol. The van der Waals surface area contributed by atoms with E-state index in [-0.39, 0.29) is 23.1 Å². The molecular weight excluding hydrogens is 270 g/mol. The van der Waals surface area contributed by atoms with Gasteiger partial charge in [0.15, 0.2) is 5.13 Å². The molecule has 0 unspecified atom stereocenters. The SMILES string of the molecule is Nc1nc(C(=NOCCn2ccnc2)C(=O)O)cs1. The van der Waals surface area contributed by atoms with E-state index in [9.17, 15) is 4.79 Å². The number of carbonyl (C=O) groups is 1. The van der Waals surface area contributed by atoms with Gasteiger partial charge in [0.2, 0.25) is 5.71 Å². The van der Waals surface area contributed by atoms with Crippen LogP contribution in [0.15, 0.2) is 29.3 Å². The second-order valence-corrected chi connectivity index (χ2v) is 4.34. The van der Waals surface area contributed by atoms with Crippen LogP contribution in [0.1, 0.15) is 5.69 Å². The Morgan fingerprint density at radius 2 is 2.47 bits per heavy atom. The molecule has 3 N–H and O–H groups in total. The van der Waals surface area contributed by atoms with Crippen molar-refractivity contribution >= 4 is 28.1 Å². The molecule has 2 aromatic heterocycles. The van der Waals surface area contributed by atoms with Crippen LogP contribution in [-0.4, -0.2) is 37.9 Å². The Morgan fingerprint density at radius 1 is 1.63 bits per heavy atom. The molecular formula is C10H11N5O3S. The molecule has 0 bridgehead atoms. The molecule has 2 rings (SSSR count). The molecule has 100 valence electrons. The van der Waals surface area contributed by atoms with E-state index >= 15 is 0 Å². The molecule has 0 saturated carbocycles. The summed E-state index contributed by atoms with van der Waals surface area (Å²) in [6.45, 7) is 0.752. The van der Waals surface area contributed by atoms with Gasteiger partial charge in [-0.05, 0) is 0 Å². The van der Waals surface area contributed by atoms with Crippen molar-refractivity contribution in [1.82, 2.24) is 14.5 Å². The van der Waals surface area contributed by atoms with Gasteiger partial charge in [-0.3, -0.25) is 0 Å². The molecule has 0 saturated heterocycles. The number of nitrogens with zero attached hydrogens (tertiary/aromatic N) is 4. The first-order chi connectivity index (χ1) is 9.16. The second-order valence-electron chi connectivity index (χ2n) is 3.45. The highest BCUT2D eigenvalue weighted by molar-refractivity contribution is 7.13. The number of anilines is 1. The standard InChI is InChI=1S/C10H11N5O3S/c11-10-13-7(5-19-10)8(9(16)17)14-18-4-3-15-2-1-12-6-15/h1-2,5-6H,3-4H2,(H2,11,13)(H,16,17). The van der Waals surface area contributed by atoms with Crippen molar-refractivity contribution in [3.05, 3.63) is 29.8 Å². The number of imidazole rings is 1. The van der Waals surface area contributed by atoms with Gasteiger partial charge in [0, 0.05) is 17.8 Å². The van der Waals surface area contributed by atoms with Gasteiger partial charge < -0.3 is 20.2 Å². The lowest BCUT2D eigenvalue weighted by atomic mass is 10.3. The minimum absolute atomic E-state index is 0.192. The summed E-state index contributed by atoms with van der Waals surface area (Å²) in [6, 6.07) is 0. The van der Waals surface area contributed by atoms with E-state index in [1.807, 2.05) is 0 Å². The van der Waals surface area contributed by atoms with Crippen molar-refractivity contribution in [3.8, 4) is 0 Å². The van der Waals surface area contributed by atoms with Crippen molar-refractivity contribution in [2.45, 2.75) is 6.54 Å². The summed E-state index contributed by atoms with van der Waals surface area (Å²) in [7, 11) is 0. The largest absolute Gasteiger partial charge is 0.476 e. The van der Waals surface area contributed by atoms with Gasteiger partial charge in [0.05, 0.1) is 12.9 Å². The molecule has 8 nitrogen and oxygen atoms in total. The average Bonchev–Trinajstić information content (AvgIpc) is 3.00. The Hall–Kier alpha value is -2.42. The zero-order valence-corrected chi connectivity index (χ0v) is 10.6. The maximum atomic E-state index is 11.0. The van der Waals surface area contributed by atoms with Crippen LogP contribution in [0.4, 0.5) is 5.13 Å². The molecule has 0 aromatic carbocycles. The van der Waals surface area contributed by atoms with Gasteiger partial charge in [-0.1, -0.05) is 5.16 Å². The van der Waals surface area contributed by atoms with E-state index in [0.29, 0.717) is 6.54 Å². The molecule has 0 aliphatic rings. The minimum atomic E-state index is -1.21. The van der Waals surface area contributed by atoms with Gasteiger partial charge in [-0.15, -0.1) is 11.3 Å². The van der Waals surface area contributed by atoms with Crippen LogP contribution >= 0.6 is 11.3 Å². The molecule has 0 amide bonds. The van der Waals surface area contributed by atoms with E-state index in [2.05, 4.69) is 15.1 Å². The highest BCUT2D eigenvalue weighted by Gasteiger charge is 2.16. The lowest BCUT2D eigenvalue weighted by Crippen LogP contribution is -2.16. The Kier molecular flexibility index (Phi) is 4.08. The van der Waals surface area contributed by atoms with E-state index in [1.165, 1.54) is 5.38 Å². The van der Waals surface area contributed by atoms with E-state index in [0.717, 1.165) is 11.3 Å². The summed E-state index contributed by atoms with van der Waals surface area (Å²) in [6.07, 6.45) is 5.04. The first-order valence-electron chi connectivity index (χ1n) is 5.27. The molecule has 0 spiro atoms. The summed E-state index contributed by atoms with van der Waals surface area (Å²) >= 11 is 1.14. The topological polar surface area (TPSA) is 116 Å². The zero-order chi connectivity index (χ0) is 13.7. The molecule has 19 heavy (non-hydrogen) atoms. The number of nitrogen functional groups attached to an aromatic ring is 1. The Labute approximate surface area is 112 Å². The lowest BCUT2D eigenvalue weighted by molar-refractivity contribution is -0.129. The number of thiazole rings is 1. The fourth-order valence-electron chi connectivity index (χ4n) is 1.27. The van der Waals surface area contributed by atoms with Crippen LogP contribution in [0.25, 0.3) is 0 Å². The third kappa shape index (κ3) is 3.52. The number of nitrogens with two attached hydrogens (primary N) is 1. The van der Waals surface area contributed by atoms with Gasteiger partial charge >= 0.3 is 5.97 Å². The number of carboxylic acid groups (broad SMARTS) is 1. The van der Waals surface area contributed by atoms with Crippen LogP contribution < -0.4 is 5.73 Å². The third-order valence-corrected chi connectivity index (χ3v) is 2.80. The van der Waals surface area contributed by atoms with E-state index in [1.54, 1.807) is 23.3 Å². The van der Waals surface area contributed by atoms with Gasteiger partial charge in [0.1, 0.15) is 12.3 Å². The Balaban J connectivity index is 1.96. The number of hydrogen-bond acceptors (Lipinski definition) is 7. The molecule has 0 atom stereocenters. The van der Waals surface area contributed by atoms with Crippen molar-refractivity contribution in [2.75, 3.05) is 12.3 Å². The molecule has 0 aliphatic carbocycles. The lowest BCUT2D eigenvalue weighted by Gasteiger charge is -2.01. The maximum Gasteiger partial charge on any atom is 0.360 e. The number of aliphatic carboxylic acids is 1. The Morgan fingerprint density at radius 3 is 3.05 bits per heavy atom. The first-order valence-corrected chi connectivity index (χ1v) is 6.15. The first kappa shape index (κ1) is 13.0. The van der Waals surface area contributed by atoms with Crippen LogP contribution in [0, 0.1) is 0 Å². The van der Waals surface area contributed by atoms with Crippen LogP contribution in [0.2, 0.25) is 0 Å². The number of carboxylic acids is 1. The van der Waals surface area contributed by atoms with Crippen LogP contribution in [0.3, 0.4) is 0 Å². The van der Waals surface area contributed by atoms with Crippen molar-refractivity contribution in [3.63, 3.8) is 0 Å².